The molecule has 3 heteroatoms. The lowest BCUT2D eigenvalue weighted by atomic mass is 10.1. The van der Waals surface area contributed by atoms with E-state index in [1.165, 1.54) is 0 Å². The van der Waals surface area contributed by atoms with Crippen molar-refractivity contribution in [2.45, 2.75) is 13.3 Å². The number of anilines is 1. The summed E-state index contributed by atoms with van der Waals surface area (Å²) in [5.41, 5.74) is 7.42. The summed E-state index contributed by atoms with van der Waals surface area (Å²) in [4.78, 5) is 10.7. The van der Waals surface area contributed by atoms with Gasteiger partial charge in [-0.25, -0.2) is 4.79 Å². The van der Waals surface area contributed by atoms with Gasteiger partial charge < -0.3 is 10.8 Å². The molecule has 0 bridgehead atoms. The van der Waals surface area contributed by atoms with E-state index in [-0.39, 0.29) is 0 Å². The Morgan fingerprint density at radius 2 is 2.29 bits per heavy atom. The highest BCUT2D eigenvalue weighted by atomic mass is 16.4. The summed E-state index contributed by atoms with van der Waals surface area (Å²) in [6.07, 6.45) is 2.14. The number of rotatable bonds is 3. The van der Waals surface area contributed by atoms with Crippen molar-refractivity contribution in [2.24, 2.45) is 0 Å². The number of benzene rings is 1. The molecule has 1 aromatic rings. The van der Waals surface area contributed by atoms with Gasteiger partial charge in [0.05, 0.1) is 0 Å². The van der Waals surface area contributed by atoms with Crippen LogP contribution >= 0.6 is 0 Å². The molecule has 0 aromatic heterocycles. The normalized spacial score (nSPS) is 11.4. The van der Waals surface area contributed by atoms with E-state index in [0.717, 1.165) is 5.56 Å². The highest BCUT2D eigenvalue weighted by Gasteiger charge is 2.03. The van der Waals surface area contributed by atoms with Gasteiger partial charge in [-0.1, -0.05) is 19.1 Å². The maximum Gasteiger partial charge on any atom is 0.331 e. The Kier molecular flexibility index (Phi) is 3.29. The van der Waals surface area contributed by atoms with Gasteiger partial charge >= 0.3 is 5.97 Å². The molecular weight excluding hydrogens is 178 g/mol. The standard InChI is InChI=1S/C11H13NO2/c1-2-9(11(13)14)6-8-4-3-5-10(12)7-8/h3-7H,2,12H2,1H3,(H,13,14)/b9-6+. The molecule has 1 rings (SSSR count). The van der Waals surface area contributed by atoms with Gasteiger partial charge in [0.15, 0.2) is 0 Å². The van der Waals surface area contributed by atoms with Crippen LogP contribution < -0.4 is 5.73 Å². The second kappa shape index (κ2) is 4.46. The summed E-state index contributed by atoms with van der Waals surface area (Å²) in [7, 11) is 0. The minimum absolute atomic E-state index is 0.385. The third-order valence-electron chi connectivity index (χ3n) is 1.91. The number of hydrogen-bond acceptors (Lipinski definition) is 2. The molecule has 0 aliphatic rings. The van der Waals surface area contributed by atoms with Crippen LogP contribution in [0.2, 0.25) is 0 Å². The zero-order valence-electron chi connectivity index (χ0n) is 8.03. The van der Waals surface area contributed by atoms with Gasteiger partial charge in [0.1, 0.15) is 0 Å². The zero-order chi connectivity index (χ0) is 10.6. The fourth-order valence-electron chi connectivity index (χ4n) is 1.16. The summed E-state index contributed by atoms with van der Waals surface area (Å²) in [5.74, 6) is -0.880. The Bertz CT molecular complexity index is 369. The summed E-state index contributed by atoms with van der Waals surface area (Å²) in [6, 6.07) is 7.15. The van der Waals surface area contributed by atoms with E-state index in [0.29, 0.717) is 17.7 Å². The van der Waals surface area contributed by atoms with Crippen LogP contribution in [0, 0.1) is 0 Å². The van der Waals surface area contributed by atoms with E-state index in [1.54, 1.807) is 24.3 Å². The number of carboxylic acids is 1. The second-order valence-corrected chi connectivity index (χ2v) is 3.00. The van der Waals surface area contributed by atoms with E-state index in [2.05, 4.69) is 0 Å². The molecule has 0 atom stereocenters. The zero-order valence-corrected chi connectivity index (χ0v) is 8.03. The average Bonchev–Trinajstić information content (AvgIpc) is 2.14. The lowest BCUT2D eigenvalue weighted by Crippen LogP contribution is -1.98. The number of carboxylic acid groups (broad SMARTS) is 1. The summed E-state index contributed by atoms with van der Waals surface area (Å²) in [5, 5.41) is 8.80. The molecule has 0 fully saturated rings. The van der Waals surface area contributed by atoms with Gasteiger partial charge in [0.2, 0.25) is 0 Å². The Morgan fingerprint density at radius 1 is 1.57 bits per heavy atom. The highest BCUT2D eigenvalue weighted by Crippen LogP contribution is 2.12. The average molecular weight is 191 g/mol. The molecular formula is C11H13NO2. The van der Waals surface area contributed by atoms with E-state index in [9.17, 15) is 4.79 Å². The quantitative estimate of drug-likeness (QED) is 0.568. The fraction of sp³-hybridized carbons (Fsp3) is 0.182. The van der Waals surface area contributed by atoms with Crippen LogP contribution in [-0.2, 0) is 4.79 Å². The van der Waals surface area contributed by atoms with Crippen LogP contribution in [0.15, 0.2) is 29.8 Å². The van der Waals surface area contributed by atoms with Crippen LogP contribution in [-0.4, -0.2) is 11.1 Å². The van der Waals surface area contributed by atoms with Crippen molar-refractivity contribution in [2.75, 3.05) is 5.73 Å². The first-order chi connectivity index (χ1) is 6.63. The lowest BCUT2D eigenvalue weighted by molar-refractivity contribution is -0.132. The molecule has 14 heavy (non-hydrogen) atoms. The van der Waals surface area contributed by atoms with Crippen LogP contribution in [0.4, 0.5) is 5.69 Å². The van der Waals surface area contributed by atoms with Crippen LogP contribution in [0.25, 0.3) is 6.08 Å². The summed E-state index contributed by atoms with van der Waals surface area (Å²) in [6.45, 7) is 1.81. The smallest absolute Gasteiger partial charge is 0.331 e. The minimum atomic E-state index is -0.880. The maximum absolute atomic E-state index is 10.7. The topological polar surface area (TPSA) is 63.3 Å². The molecule has 0 saturated carbocycles. The molecule has 3 N–H and O–H groups in total. The Hall–Kier alpha value is -1.77. The molecule has 74 valence electrons. The third kappa shape index (κ3) is 2.62. The van der Waals surface area contributed by atoms with Crippen molar-refractivity contribution in [1.29, 1.82) is 0 Å². The van der Waals surface area contributed by atoms with Gasteiger partial charge in [-0.3, -0.25) is 0 Å². The molecule has 0 saturated heterocycles. The van der Waals surface area contributed by atoms with Crippen molar-refractivity contribution < 1.29 is 9.90 Å². The third-order valence-corrected chi connectivity index (χ3v) is 1.91. The fourth-order valence-corrected chi connectivity index (χ4v) is 1.16. The molecule has 0 radical (unpaired) electrons. The first-order valence-electron chi connectivity index (χ1n) is 4.43. The largest absolute Gasteiger partial charge is 0.478 e. The number of carbonyl (C=O) groups is 1. The number of aliphatic carboxylic acids is 1. The van der Waals surface area contributed by atoms with Gasteiger partial charge in [-0.05, 0) is 30.2 Å². The maximum atomic E-state index is 10.7. The summed E-state index contributed by atoms with van der Waals surface area (Å²) < 4.78 is 0. The number of hydrogen-bond donors (Lipinski definition) is 2. The molecule has 0 amide bonds. The van der Waals surface area contributed by atoms with Crippen LogP contribution in [0.5, 0.6) is 0 Å². The number of nitrogens with two attached hydrogens (primary N) is 1. The molecule has 0 aliphatic carbocycles. The van der Waals surface area contributed by atoms with E-state index in [1.807, 2.05) is 13.0 Å². The Labute approximate surface area is 82.9 Å². The first kappa shape index (κ1) is 10.3. The Balaban J connectivity index is 3.00. The molecule has 0 unspecified atom stereocenters. The lowest BCUT2D eigenvalue weighted by Gasteiger charge is -1.99. The number of nitrogen functional groups attached to an aromatic ring is 1. The van der Waals surface area contributed by atoms with Crippen LogP contribution in [0.3, 0.4) is 0 Å². The Morgan fingerprint density at radius 3 is 2.79 bits per heavy atom. The molecule has 3 nitrogen and oxygen atoms in total. The first-order valence-corrected chi connectivity index (χ1v) is 4.43. The molecule has 0 aliphatic heterocycles. The van der Waals surface area contributed by atoms with Gasteiger partial charge in [-0.15, -0.1) is 0 Å². The summed E-state index contributed by atoms with van der Waals surface area (Å²) >= 11 is 0. The molecule has 0 spiro atoms. The van der Waals surface area contributed by atoms with Gasteiger partial charge in [0.25, 0.3) is 0 Å². The van der Waals surface area contributed by atoms with Crippen molar-refractivity contribution in [3.63, 3.8) is 0 Å². The van der Waals surface area contributed by atoms with E-state index < -0.39 is 5.97 Å². The monoisotopic (exact) mass is 191 g/mol. The second-order valence-electron chi connectivity index (χ2n) is 3.00. The SMILES string of the molecule is CC/C(=C\c1cccc(N)c1)C(=O)O. The van der Waals surface area contributed by atoms with Crippen molar-refractivity contribution in [1.82, 2.24) is 0 Å². The van der Waals surface area contributed by atoms with Gasteiger partial charge in [0, 0.05) is 11.3 Å². The van der Waals surface area contributed by atoms with Crippen molar-refractivity contribution >= 4 is 17.7 Å². The van der Waals surface area contributed by atoms with Crippen molar-refractivity contribution in [3.05, 3.63) is 35.4 Å². The van der Waals surface area contributed by atoms with Crippen LogP contribution in [0.1, 0.15) is 18.9 Å². The predicted molar refractivity (Wildman–Crippen MR) is 56.8 cm³/mol. The molecule has 1 aromatic carbocycles. The predicted octanol–water partition coefficient (Wildman–Crippen LogP) is 2.15. The minimum Gasteiger partial charge on any atom is -0.478 e. The van der Waals surface area contributed by atoms with Gasteiger partial charge in [-0.2, -0.15) is 0 Å². The highest BCUT2D eigenvalue weighted by molar-refractivity contribution is 5.92. The van der Waals surface area contributed by atoms with E-state index in [4.69, 9.17) is 10.8 Å². The van der Waals surface area contributed by atoms with Crippen molar-refractivity contribution in [3.8, 4) is 0 Å². The van der Waals surface area contributed by atoms with E-state index >= 15 is 0 Å². The molecule has 0 heterocycles.